The molecule has 144 valence electrons. The molecule has 0 radical (unpaired) electrons. The number of pyridine rings is 2. The third kappa shape index (κ3) is 2.55. The Bertz CT molecular complexity index is 1510. The highest BCUT2D eigenvalue weighted by Crippen LogP contribution is 2.32. The molecule has 8 nitrogen and oxygen atoms in total. The zero-order valence-electron chi connectivity index (χ0n) is 15.6. The lowest BCUT2D eigenvalue weighted by molar-refractivity contribution is 0.568. The smallest absolute Gasteiger partial charge is 0.161 e. The number of anilines is 1. The molecule has 5 aromatic heterocycles. The molecule has 0 unspecified atom stereocenters. The van der Waals surface area contributed by atoms with Gasteiger partial charge >= 0.3 is 0 Å². The number of aromatic amines is 2. The highest BCUT2D eigenvalue weighted by Gasteiger charge is 2.17. The predicted molar refractivity (Wildman–Crippen MR) is 114 cm³/mol. The number of aromatic nitrogens is 6. The Hall–Kier alpha value is -4.46. The number of nitrogens with two attached hydrogens (primary N) is 1. The van der Waals surface area contributed by atoms with Crippen molar-refractivity contribution in [1.82, 2.24) is 30.1 Å². The number of para-hydroxylation sites is 1. The van der Waals surface area contributed by atoms with Gasteiger partial charge in [0.1, 0.15) is 5.52 Å². The molecule has 0 saturated carbocycles. The quantitative estimate of drug-likeness (QED) is 0.409. The maximum atomic E-state index is 5.88. The highest BCUT2D eigenvalue weighted by atomic mass is 16.3. The number of furan rings is 1. The van der Waals surface area contributed by atoms with Crippen molar-refractivity contribution in [3.8, 4) is 33.9 Å². The molecule has 0 saturated heterocycles. The molecule has 0 aliphatic heterocycles. The van der Waals surface area contributed by atoms with E-state index in [1.54, 1.807) is 24.9 Å². The molecule has 4 N–H and O–H groups in total. The first-order valence-corrected chi connectivity index (χ1v) is 9.34. The van der Waals surface area contributed by atoms with Crippen molar-refractivity contribution < 1.29 is 4.42 Å². The van der Waals surface area contributed by atoms with Crippen molar-refractivity contribution in [3.63, 3.8) is 0 Å². The SMILES string of the molecule is Nc1cncc(-c2ccc3[nH]nc(-c4nc5c(-c6ccoc6)cccc5[nH]4)c3n2)c1. The minimum absolute atomic E-state index is 0.589. The van der Waals surface area contributed by atoms with Crippen molar-refractivity contribution in [2.75, 3.05) is 5.73 Å². The standard InChI is InChI=1S/C22H15N7O/c23-14-8-13(9-24-10-14)16-4-5-18-20(25-16)21(29-28-18)22-26-17-3-1-2-15(19(17)27-22)12-6-7-30-11-12/h1-11H,23H2,(H,26,27)(H,28,29). The van der Waals surface area contributed by atoms with Gasteiger partial charge in [-0.1, -0.05) is 12.1 Å². The van der Waals surface area contributed by atoms with Gasteiger partial charge in [-0.25, -0.2) is 9.97 Å². The molecule has 30 heavy (non-hydrogen) atoms. The third-order valence-corrected chi connectivity index (χ3v) is 5.03. The summed E-state index contributed by atoms with van der Waals surface area (Å²) in [4.78, 5) is 17.1. The summed E-state index contributed by atoms with van der Waals surface area (Å²) in [6.07, 6.45) is 6.71. The van der Waals surface area contributed by atoms with Crippen molar-refractivity contribution >= 4 is 27.8 Å². The van der Waals surface area contributed by atoms with Crippen molar-refractivity contribution in [1.29, 1.82) is 0 Å². The lowest BCUT2D eigenvalue weighted by atomic mass is 10.1. The van der Waals surface area contributed by atoms with Crippen LogP contribution in [0.1, 0.15) is 0 Å². The molecule has 0 aliphatic carbocycles. The topological polar surface area (TPSA) is 122 Å². The molecule has 0 aliphatic rings. The lowest BCUT2D eigenvalue weighted by Crippen LogP contribution is -1.90. The Morgan fingerprint density at radius 2 is 1.87 bits per heavy atom. The lowest BCUT2D eigenvalue weighted by Gasteiger charge is -2.02. The van der Waals surface area contributed by atoms with E-state index < -0.39 is 0 Å². The first-order chi connectivity index (χ1) is 14.8. The molecule has 5 heterocycles. The van der Waals surface area contributed by atoms with Crippen LogP contribution in [0.4, 0.5) is 5.69 Å². The number of nitrogen functional groups attached to an aromatic ring is 1. The maximum absolute atomic E-state index is 5.88. The normalized spacial score (nSPS) is 11.5. The van der Waals surface area contributed by atoms with Gasteiger partial charge < -0.3 is 15.1 Å². The number of imidazole rings is 1. The summed E-state index contributed by atoms with van der Waals surface area (Å²) in [7, 11) is 0. The summed E-state index contributed by atoms with van der Waals surface area (Å²) in [5.74, 6) is 0.641. The van der Waals surface area contributed by atoms with E-state index in [0.29, 0.717) is 17.2 Å². The summed E-state index contributed by atoms with van der Waals surface area (Å²) < 4.78 is 5.24. The number of rotatable bonds is 3. The van der Waals surface area contributed by atoms with Crippen LogP contribution in [0.2, 0.25) is 0 Å². The van der Waals surface area contributed by atoms with Crippen LogP contribution in [0.5, 0.6) is 0 Å². The molecular formula is C22H15N7O. The summed E-state index contributed by atoms with van der Waals surface area (Å²) in [5, 5.41) is 7.50. The van der Waals surface area contributed by atoms with E-state index in [1.165, 1.54) is 0 Å². The number of H-pyrrole nitrogens is 2. The van der Waals surface area contributed by atoms with Gasteiger partial charge in [-0.15, -0.1) is 0 Å². The zero-order valence-corrected chi connectivity index (χ0v) is 15.6. The van der Waals surface area contributed by atoms with E-state index in [9.17, 15) is 0 Å². The van der Waals surface area contributed by atoms with Gasteiger partial charge in [-0.2, -0.15) is 5.10 Å². The average Bonchev–Trinajstić information content (AvgIpc) is 3.51. The summed E-state index contributed by atoms with van der Waals surface area (Å²) in [5.41, 5.74) is 14.0. The summed E-state index contributed by atoms with van der Waals surface area (Å²) in [6, 6.07) is 13.6. The Balaban J connectivity index is 1.52. The van der Waals surface area contributed by atoms with Crippen LogP contribution in [0, 0.1) is 0 Å². The number of hydrogen-bond acceptors (Lipinski definition) is 6. The first kappa shape index (κ1) is 16.5. The fourth-order valence-electron chi connectivity index (χ4n) is 3.62. The van der Waals surface area contributed by atoms with Crippen LogP contribution in [0.15, 0.2) is 71.8 Å². The van der Waals surface area contributed by atoms with Gasteiger partial charge in [0.2, 0.25) is 0 Å². The third-order valence-electron chi connectivity index (χ3n) is 5.03. The second-order valence-corrected chi connectivity index (χ2v) is 6.97. The molecule has 0 atom stereocenters. The van der Waals surface area contributed by atoms with E-state index in [4.69, 9.17) is 20.1 Å². The van der Waals surface area contributed by atoms with Crippen molar-refractivity contribution in [2.45, 2.75) is 0 Å². The van der Waals surface area contributed by atoms with E-state index in [1.807, 2.05) is 42.5 Å². The van der Waals surface area contributed by atoms with Crippen LogP contribution < -0.4 is 5.73 Å². The Morgan fingerprint density at radius 1 is 0.900 bits per heavy atom. The van der Waals surface area contributed by atoms with Gasteiger partial charge in [-0.3, -0.25) is 10.1 Å². The molecule has 8 heteroatoms. The van der Waals surface area contributed by atoms with Crippen LogP contribution in [-0.2, 0) is 0 Å². The van der Waals surface area contributed by atoms with E-state index in [0.717, 1.165) is 44.5 Å². The second-order valence-electron chi connectivity index (χ2n) is 6.97. The Morgan fingerprint density at radius 3 is 2.73 bits per heavy atom. The fourth-order valence-corrected chi connectivity index (χ4v) is 3.62. The van der Waals surface area contributed by atoms with Gasteiger partial charge in [0.05, 0.1) is 40.5 Å². The van der Waals surface area contributed by atoms with Crippen LogP contribution in [0.3, 0.4) is 0 Å². The number of nitrogens with one attached hydrogen (secondary N) is 2. The van der Waals surface area contributed by atoms with Gasteiger partial charge in [0.25, 0.3) is 0 Å². The molecule has 6 aromatic rings. The highest BCUT2D eigenvalue weighted by molar-refractivity contribution is 5.96. The predicted octanol–water partition coefficient (Wildman–Crippen LogP) is 4.41. The van der Waals surface area contributed by atoms with E-state index >= 15 is 0 Å². The molecule has 0 bridgehead atoms. The first-order valence-electron chi connectivity index (χ1n) is 9.34. The van der Waals surface area contributed by atoms with Crippen molar-refractivity contribution in [3.05, 3.63) is 67.4 Å². The minimum atomic E-state index is 0.589. The number of hydrogen-bond donors (Lipinski definition) is 3. The second kappa shape index (κ2) is 6.28. The van der Waals surface area contributed by atoms with E-state index in [-0.39, 0.29) is 0 Å². The molecule has 0 spiro atoms. The van der Waals surface area contributed by atoms with Crippen LogP contribution in [-0.4, -0.2) is 30.1 Å². The zero-order chi connectivity index (χ0) is 20.1. The molecule has 1 aromatic carbocycles. The Kier molecular flexibility index (Phi) is 3.45. The van der Waals surface area contributed by atoms with E-state index in [2.05, 4.69) is 20.2 Å². The molecular weight excluding hydrogens is 378 g/mol. The number of fused-ring (bicyclic) bond motifs is 2. The number of nitrogens with zero attached hydrogens (tertiary/aromatic N) is 4. The number of benzene rings is 1. The monoisotopic (exact) mass is 393 g/mol. The molecule has 0 amide bonds. The van der Waals surface area contributed by atoms with Crippen LogP contribution in [0.25, 0.3) is 56.0 Å². The Labute approximate surface area is 169 Å². The molecule has 6 rings (SSSR count). The summed E-state index contributed by atoms with van der Waals surface area (Å²) >= 11 is 0. The van der Waals surface area contributed by atoms with Crippen LogP contribution >= 0.6 is 0 Å². The maximum Gasteiger partial charge on any atom is 0.161 e. The largest absolute Gasteiger partial charge is 0.472 e. The molecule has 0 fully saturated rings. The van der Waals surface area contributed by atoms with Gasteiger partial charge in [-0.05, 0) is 30.3 Å². The average molecular weight is 393 g/mol. The van der Waals surface area contributed by atoms with Gasteiger partial charge in [0.15, 0.2) is 11.5 Å². The summed E-state index contributed by atoms with van der Waals surface area (Å²) in [6.45, 7) is 0. The fraction of sp³-hybridized carbons (Fsp3) is 0. The van der Waals surface area contributed by atoms with Crippen molar-refractivity contribution in [2.24, 2.45) is 0 Å². The van der Waals surface area contributed by atoms with Gasteiger partial charge in [0, 0.05) is 29.1 Å². The minimum Gasteiger partial charge on any atom is -0.472 e.